The van der Waals surface area contributed by atoms with Gasteiger partial charge in [0.05, 0.1) is 0 Å². The molecule has 0 unspecified atom stereocenters. The lowest BCUT2D eigenvalue weighted by Gasteiger charge is -2.01. The summed E-state index contributed by atoms with van der Waals surface area (Å²) in [6, 6.07) is 7.67. The van der Waals surface area contributed by atoms with E-state index in [2.05, 4.69) is 4.72 Å². The Bertz CT molecular complexity index is 281. The quantitative estimate of drug-likeness (QED) is 0.590. The normalized spacial score (nSPS) is 10.0. The third-order valence-corrected chi connectivity index (χ3v) is 2.21. The standard InChI is InChI=1S/C10H13NOS/c1-8(12)10-5-3-9(4-6-10)7-11-13-2/h3-6,11H,7H2,1-2H3. The van der Waals surface area contributed by atoms with Crippen molar-refractivity contribution in [3.8, 4) is 0 Å². The Morgan fingerprint density at radius 3 is 2.46 bits per heavy atom. The highest BCUT2D eigenvalue weighted by Crippen LogP contribution is 2.05. The summed E-state index contributed by atoms with van der Waals surface area (Å²) in [6.07, 6.45) is 1.99. The minimum absolute atomic E-state index is 0.115. The molecule has 13 heavy (non-hydrogen) atoms. The van der Waals surface area contributed by atoms with Crippen LogP contribution in [0.15, 0.2) is 24.3 Å². The van der Waals surface area contributed by atoms with E-state index in [4.69, 9.17) is 0 Å². The molecule has 0 aliphatic rings. The molecule has 1 N–H and O–H groups in total. The molecule has 0 saturated carbocycles. The monoisotopic (exact) mass is 195 g/mol. The van der Waals surface area contributed by atoms with Crippen LogP contribution in [-0.2, 0) is 6.54 Å². The summed E-state index contributed by atoms with van der Waals surface area (Å²) in [5.41, 5.74) is 1.97. The maximum atomic E-state index is 11.0. The number of carbonyl (C=O) groups is 1. The molecule has 0 bridgehead atoms. The largest absolute Gasteiger partial charge is 0.295 e. The molecule has 0 spiro atoms. The first-order valence-electron chi connectivity index (χ1n) is 4.09. The van der Waals surface area contributed by atoms with Gasteiger partial charge in [0.1, 0.15) is 0 Å². The average Bonchev–Trinajstić information content (AvgIpc) is 2.15. The first kappa shape index (κ1) is 10.3. The van der Waals surface area contributed by atoms with Gasteiger partial charge in [-0.25, -0.2) is 0 Å². The number of ketones is 1. The third kappa shape index (κ3) is 3.20. The van der Waals surface area contributed by atoms with Crippen LogP contribution in [0.2, 0.25) is 0 Å². The number of rotatable bonds is 4. The van der Waals surface area contributed by atoms with E-state index in [9.17, 15) is 4.79 Å². The topological polar surface area (TPSA) is 29.1 Å². The highest BCUT2D eigenvalue weighted by atomic mass is 32.2. The van der Waals surface area contributed by atoms with Crippen LogP contribution in [0, 0.1) is 0 Å². The SMILES string of the molecule is CSNCc1ccc(C(C)=O)cc1. The molecule has 1 aromatic rings. The number of carbonyl (C=O) groups excluding carboxylic acids is 1. The Labute approximate surface area is 82.9 Å². The second-order valence-electron chi connectivity index (χ2n) is 2.78. The zero-order valence-electron chi connectivity index (χ0n) is 7.83. The Morgan fingerprint density at radius 2 is 2.00 bits per heavy atom. The number of Topliss-reactive ketones (excluding diaryl/α,β-unsaturated/α-hetero) is 1. The van der Waals surface area contributed by atoms with Gasteiger partial charge in [0, 0.05) is 12.1 Å². The summed E-state index contributed by atoms with van der Waals surface area (Å²) in [5, 5.41) is 0. The van der Waals surface area contributed by atoms with Crippen molar-refractivity contribution in [1.29, 1.82) is 0 Å². The summed E-state index contributed by atoms with van der Waals surface area (Å²) < 4.78 is 3.14. The van der Waals surface area contributed by atoms with E-state index in [1.54, 1.807) is 18.9 Å². The fourth-order valence-corrected chi connectivity index (χ4v) is 1.32. The van der Waals surface area contributed by atoms with Crippen molar-refractivity contribution in [1.82, 2.24) is 4.72 Å². The Morgan fingerprint density at radius 1 is 1.38 bits per heavy atom. The van der Waals surface area contributed by atoms with E-state index in [0.717, 1.165) is 12.1 Å². The van der Waals surface area contributed by atoms with Crippen molar-refractivity contribution in [3.05, 3.63) is 35.4 Å². The van der Waals surface area contributed by atoms with Crippen LogP contribution in [0.5, 0.6) is 0 Å². The van der Waals surface area contributed by atoms with Gasteiger partial charge in [-0.15, -0.1) is 0 Å². The van der Waals surface area contributed by atoms with E-state index >= 15 is 0 Å². The molecule has 0 saturated heterocycles. The van der Waals surface area contributed by atoms with Crippen molar-refractivity contribution in [2.24, 2.45) is 0 Å². The minimum atomic E-state index is 0.115. The maximum Gasteiger partial charge on any atom is 0.159 e. The van der Waals surface area contributed by atoms with Crippen molar-refractivity contribution in [3.63, 3.8) is 0 Å². The van der Waals surface area contributed by atoms with Crippen molar-refractivity contribution >= 4 is 17.7 Å². The van der Waals surface area contributed by atoms with Crippen LogP contribution in [0.4, 0.5) is 0 Å². The van der Waals surface area contributed by atoms with Gasteiger partial charge in [-0.1, -0.05) is 36.2 Å². The highest BCUT2D eigenvalue weighted by molar-refractivity contribution is 7.96. The first-order valence-corrected chi connectivity index (χ1v) is 5.32. The molecule has 0 aliphatic heterocycles. The molecule has 1 aromatic carbocycles. The molecule has 0 amide bonds. The van der Waals surface area contributed by atoms with Gasteiger partial charge in [0.25, 0.3) is 0 Å². The Hall–Kier alpha value is -0.800. The summed E-state index contributed by atoms with van der Waals surface area (Å²) in [7, 11) is 0. The Balaban J connectivity index is 2.64. The fraction of sp³-hybridized carbons (Fsp3) is 0.300. The van der Waals surface area contributed by atoms with E-state index in [1.807, 2.05) is 30.5 Å². The molecule has 70 valence electrons. The summed E-state index contributed by atoms with van der Waals surface area (Å²) in [4.78, 5) is 11.0. The molecule has 0 aliphatic carbocycles. The van der Waals surface area contributed by atoms with Gasteiger partial charge in [-0.3, -0.25) is 9.52 Å². The second kappa shape index (κ2) is 5.04. The predicted octanol–water partition coefficient (Wildman–Crippen LogP) is 2.26. The van der Waals surface area contributed by atoms with Gasteiger partial charge in [-0.2, -0.15) is 0 Å². The van der Waals surface area contributed by atoms with Crippen LogP contribution in [0.3, 0.4) is 0 Å². The van der Waals surface area contributed by atoms with Crippen molar-refractivity contribution < 1.29 is 4.79 Å². The van der Waals surface area contributed by atoms with Crippen LogP contribution < -0.4 is 4.72 Å². The van der Waals surface area contributed by atoms with E-state index < -0.39 is 0 Å². The molecule has 0 aromatic heterocycles. The number of hydrogen-bond donors (Lipinski definition) is 1. The summed E-state index contributed by atoms with van der Waals surface area (Å²) >= 11 is 1.59. The lowest BCUT2D eigenvalue weighted by atomic mass is 10.1. The van der Waals surface area contributed by atoms with Gasteiger partial charge in [0.2, 0.25) is 0 Å². The molecular formula is C10H13NOS. The lowest BCUT2D eigenvalue weighted by molar-refractivity contribution is 0.101. The molecule has 2 nitrogen and oxygen atoms in total. The van der Waals surface area contributed by atoms with Crippen LogP contribution in [-0.4, -0.2) is 12.0 Å². The molecular weight excluding hydrogens is 182 g/mol. The Kier molecular flexibility index (Phi) is 3.99. The fourth-order valence-electron chi connectivity index (χ4n) is 1.01. The maximum absolute atomic E-state index is 11.0. The average molecular weight is 195 g/mol. The summed E-state index contributed by atoms with van der Waals surface area (Å²) in [5.74, 6) is 0.115. The van der Waals surface area contributed by atoms with Crippen molar-refractivity contribution in [2.45, 2.75) is 13.5 Å². The molecule has 0 heterocycles. The smallest absolute Gasteiger partial charge is 0.159 e. The highest BCUT2D eigenvalue weighted by Gasteiger charge is 1.97. The van der Waals surface area contributed by atoms with Gasteiger partial charge >= 0.3 is 0 Å². The third-order valence-electron chi connectivity index (χ3n) is 1.78. The van der Waals surface area contributed by atoms with Crippen LogP contribution >= 0.6 is 11.9 Å². The first-order chi connectivity index (χ1) is 6.24. The van der Waals surface area contributed by atoms with Crippen LogP contribution in [0.1, 0.15) is 22.8 Å². The molecule has 0 fully saturated rings. The van der Waals surface area contributed by atoms with E-state index in [-0.39, 0.29) is 5.78 Å². The zero-order chi connectivity index (χ0) is 9.68. The predicted molar refractivity (Wildman–Crippen MR) is 56.8 cm³/mol. The molecule has 1 rings (SSSR count). The number of benzene rings is 1. The molecule has 0 atom stereocenters. The molecule has 3 heteroatoms. The van der Waals surface area contributed by atoms with E-state index in [1.165, 1.54) is 5.56 Å². The van der Waals surface area contributed by atoms with Crippen molar-refractivity contribution in [2.75, 3.05) is 6.26 Å². The summed E-state index contributed by atoms with van der Waals surface area (Å²) in [6.45, 7) is 2.41. The zero-order valence-corrected chi connectivity index (χ0v) is 8.65. The molecule has 0 radical (unpaired) electrons. The number of nitrogens with one attached hydrogen (secondary N) is 1. The van der Waals surface area contributed by atoms with Gasteiger partial charge < -0.3 is 0 Å². The van der Waals surface area contributed by atoms with E-state index in [0.29, 0.717) is 0 Å². The lowest BCUT2D eigenvalue weighted by Crippen LogP contribution is -2.02. The second-order valence-corrected chi connectivity index (χ2v) is 3.48. The minimum Gasteiger partial charge on any atom is -0.295 e. The van der Waals surface area contributed by atoms with Gasteiger partial charge in [0.15, 0.2) is 5.78 Å². The van der Waals surface area contributed by atoms with Crippen LogP contribution in [0.25, 0.3) is 0 Å². The van der Waals surface area contributed by atoms with Gasteiger partial charge in [-0.05, 0) is 18.7 Å². The number of hydrogen-bond acceptors (Lipinski definition) is 3.